The van der Waals surface area contributed by atoms with E-state index in [-0.39, 0.29) is 5.54 Å². The van der Waals surface area contributed by atoms with Crippen LogP contribution in [0.3, 0.4) is 0 Å². The van der Waals surface area contributed by atoms with Crippen LogP contribution in [0, 0.1) is 5.92 Å². The van der Waals surface area contributed by atoms with Gasteiger partial charge in [-0.25, -0.2) is 0 Å². The zero-order valence-corrected chi connectivity index (χ0v) is 11.7. The van der Waals surface area contributed by atoms with Gasteiger partial charge >= 0.3 is 0 Å². The molecule has 0 aromatic rings. The molecule has 0 aromatic heterocycles. The van der Waals surface area contributed by atoms with Gasteiger partial charge in [-0.3, -0.25) is 0 Å². The summed E-state index contributed by atoms with van der Waals surface area (Å²) in [5.41, 5.74) is 6.99. The topological polar surface area (TPSA) is 46.2 Å². The Hall–Kier alpha value is -0.600. The maximum absolute atomic E-state index is 9.62. The van der Waals surface area contributed by atoms with Crippen molar-refractivity contribution in [2.75, 3.05) is 0 Å². The first-order chi connectivity index (χ1) is 7.71. The lowest BCUT2D eigenvalue weighted by Gasteiger charge is -2.35. The van der Waals surface area contributed by atoms with Crippen LogP contribution in [-0.2, 0) is 0 Å². The van der Waals surface area contributed by atoms with Gasteiger partial charge in [0.2, 0.25) is 0 Å². The zero-order valence-electron chi connectivity index (χ0n) is 11.7. The van der Waals surface area contributed by atoms with Gasteiger partial charge in [0.25, 0.3) is 0 Å². The minimum absolute atomic E-state index is 0.168. The van der Waals surface area contributed by atoms with Crippen molar-refractivity contribution in [2.24, 2.45) is 11.7 Å². The SMILES string of the molecule is CC1=CCC(C(C)(N)CC=CC(C)(C)O)CC1. The minimum Gasteiger partial charge on any atom is -0.386 e. The van der Waals surface area contributed by atoms with Gasteiger partial charge in [0.05, 0.1) is 5.60 Å². The second-order valence-electron chi connectivity index (χ2n) is 6.29. The summed E-state index contributed by atoms with van der Waals surface area (Å²) >= 11 is 0. The molecule has 1 aliphatic carbocycles. The van der Waals surface area contributed by atoms with Crippen molar-refractivity contribution in [3.63, 3.8) is 0 Å². The van der Waals surface area contributed by atoms with Crippen LogP contribution in [0.15, 0.2) is 23.8 Å². The molecule has 0 amide bonds. The summed E-state index contributed by atoms with van der Waals surface area (Å²) in [4.78, 5) is 0. The van der Waals surface area contributed by atoms with E-state index in [0.717, 1.165) is 12.8 Å². The van der Waals surface area contributed by atoms with Gasteiger partial charge in [-0.05, 0) is 59.3 Å². The molecular weight excluding hydrogens is 210 g/mol. The molecule has 0 aliphatic heterocycles. The highest BCUT2D eigenvalue weighted by Gasteiger charge is 2.29. The van der Waals surface area contributed by atoms with Crippen molar-refractivity contribution in [2.45, 2.75) is 64.5 Å². The maximum atomic E-state index is 9.62. The molecular formula is C15H27NO. The minimum atomic E-state index is -0.737. The third kappa shape index (κ3) is 5.05. The Morgan fingerprint density at radius 1 is 1.47 bits per heavy atom. The molecule has 2 nitrogen and oxygen atoms in total. The van der Waals surface area contributed by atoms with Crippen LogP contribution in [0.2, 0.25) is 0 Å². The Morgan fingerprint density at radius 2 is 2.12 bits per heavy atom. The molecule has 1 aliphatic rings. The number of rotatable bonds is 4. The van der Waals surface area contributed by atoms with E-state index in [1.807, 2.05) is 12.2 Å². The lowest BCUT2D eigenvalue weighted by Crippen LogP contribution is -2.44. The number of hydrogen-bond acceptors (Lipinski definition) is 2. The second-order valence-corrected chi connectivity index (χ2v) is 6.29. The van der Waals surface area contributed by atoms with E-state index in [9.17, 15) is 5.11 Å². The number of hydrogen-bond donors (Lipinski definition) is 2. The van der Waals surface area contributed by atoms with E-state index >= 15 is 0 Å². The molecule has 0 saturated heterocycles. The summed E-state index contributed by atoms with van der Waals surface area (Å²) in [6, 6.07) is 0. The summed E-state index contributed by atoms with van der Waals surface area (Å²) in [5, 5.41) is 9.62. The Bertz CT molecular complexity index is 307. The first-order valence-corrected chi connectivity index (χ1v) is 6.55. The standard InChI is InChI=1S/C15H27NO/c1-12-6-8-13(9-7-12)15(4,16)11-5-10-14(2,3)17/h5-6,10,13,17H,7-9,11,16H2,1-4H3. The summed E-state index contributed by atoms with van der Waals surface area (Å²) < 4.78 is 0. The van der Waals surface area contributed by atoms with Gasteiger partial charge in [-0.1, -0.05) is 23.8 Å². The summed E-state index contributed by atoms with van der Waals surface area (Å²) in [5.74, 6) is 0.553. The largest absolute Gasteiger partial charge is 0.386 e. The van der Waals surface area contributed by atoms with Gasteiger partial charge in [0.1, 0.15) is 0 Å². The fraction of sp³-hybridized carbons (Fsp3) is 0.733. The highest BCUT2D eigenvalue weighted by atomic mass is 16.3. The van der Waals surface area contributed by atoms with Gasteiger partial charge in [-0.2, -0.15) is 0 Å². The number of nitrogens with two attached hydrogens (primary N) is 1. The third-order valence-corrected chi connectivity index (χ3v) is 3.65. The van der Waals surface area contributed by atoms with Gasteiger partial charge in [0, 0.05) is 5.54 Å². The van der Waals surface area contributed by atoms with E-state index in [2.05, 4.69) is 19.9 Å². The fourth-order valence-electron chi connectivity index (χ4n) is 2.33. The molecule has 0 fully saturated rings. The van der Waals surface area contributed by atoms with Crippen LogP contribution >= 0.6 is 0 Å². The molecule has 1 rings (SSSR count). The molecule has 2 heteroatoms. The summed E-state index contributed by atoms with van der Waals surface area (Å²) in [6.45, 7) is 7.88. The molecule has 0 spiro atoms. The Kier molecular flexibility index (Phi) is 4.56. The van der Waals surface area contributed by atoms with Gasteiger partial charge < -0.3 is 10.8 Å². The first-order valence-electron chi connectivity index (χ1n) is 6.55. The van der Waals surface area contributed by atoms with Crippen LogP contribution < -0.4 is 5.73 Å². The molecule has 0 bridgehead atoms. The molecule has 2 unspecified atom stereocenters. The molecule has 0 saturated carbocycles. The van der Waals surface area contributed by atoms with Gasteiger partial charge in [-0.15, -0.1) is 0 Å². The number of aliphatic hydroxyl groups is 1. The molecule has 2 atom stereocenters. The third-order valence-electron chi connectivity index (χ3n) is 3.65. The lowest BCUT2D eigenvalue weighted by molar-refractivity contribution is 0.132. The quantitative estimate of drug-likeness (QED) is 0.738. The Morgan fingerprint density at radius 3 is 2.59 bits per heavy atom. The first kappa shape index (κ1) is 14.5. The predicted octanol–water partition coefficient (Wildman–Crippen LogP) is 3.17. The molecule has 17 heavy (non-hydrogen) atoms. The van der Waals surface area contributed by atoms with Crippen LogP contribution in [-0.4, -0.2) is 16.2 Å². The zero-order chi connectivity index (χ0) is 13.1. The van der Waals surface area contributed by atoms with Crippen LogP contribution in [0.4, 0.5) is 0 Å². The Labute approximate surface area is 106 Å². The van der Waals surface area contributed by atoms with Crippen molar-refractivity contribution >= 4 is 0 Å². The summed E-state index contributed by atoms with van der Waals surface area (Å²) in [7, 11) is 0. The smallest absolute Gasteiger partial charge is 0.0771 e. The van der Waals surface area contributed by atoms with E-state index in [4.69, 9.17) is 5.73 Å². The van der Waals surface area contributed by atoms with E-state index < -0.39 is 5.60 Å². The maximum Gasteiger partial charge on any atom is 0.0771 e. The van der Waals surface area contributed by atoms with E-state index in [0.29, 0.717) is 5.92 Å². The van der Waals surface area contributed by atoms with Crippen molar-refractivity contribution < 1.29 is 5.11 Å². The normalized spacial score (nSPS) is 25.8. The predicted molar refractivity (Wildman–Crippen MR) is 73.7 cm³/mol. The second kappa shape index (κ2) is 5.36. The fourth-order valence-corrected chi connectivity index (χ4v) is 2.33. The van der Waals surface area contributed by atoms with Gasteiger partial charge in [0.15, 0.2) is 0 Å². The van der Waals surface area contributed by atoms with E-state index in [1.165, 1.54) is 18.4 Å². The Balaban J connectivity index is 2.54. The monoisotopic (exact) mass is 237 g/mol. The van der Waals surface area contributed by atoms with E-state index in [1.54, 1.807) is 13.8 Å². The molecule has 0 heterocycles. The van der Waals surface area contributed by atoms with Crippen LogP contribution in [0.5, 0.6) is 0 Å². The summed E-state index contributed by atoms with van der Waals surface area (Å²) in [6.07, 6.45) is 10.5. The molecule has 0 radical (unpaired) electrons. The van der Waals surface area contributed by atoms with Crippen molar-refractivity contribution in [3.05, 3.63) is 23.8 Å². The average molecular weight is 237 g/mol. The number of allylic oxidation sites excluding steroid dienone is 2. The highest BCUT2D eigenvalue weighted by molar-refractivity contribution is 5.08. The van der Waals surface area contributed by atoms with Crippen molar-refractivity contribution in [3.8, 4) is 0 Å². The van der Waals surface area contributed by atoms with Crippen molar-refractivity contribution in [1.29, 1.82) is 0 Å². The van der Waals surface area contributed by atoms with Crippen molar-refractivity contribution in [1.82, 2.24) is 0 Å². The average Bonchev–Trinajstić information content (AvgIpc) is 2.15. The molecule has 3 N–H and O–H groups in total. The van der Waals surface area contributed by atoms with Crippen LogP contribution in [0.1, 0.15) is 53.4 Å². The highest BCUT2D eigenvalue weighted by Crippen LogP contribution is 2.32. The molecule has 98 valence electrons. The lowest BCUT2D eigenvalue weighted by atomic mass is 9.75. The molecule has 0 aromatic carbocycles. The van der Waals surface area contributed by atoms with Crippen LogP contribution in [0.25, 0.3) is 0 Å².